The number of fused-ring (bicyclic) bond motifs is 1. The molecular weight excluding hydrogens is 310 g/mol. The van der Waals surface area contributed by atoms with E-state index in [4.69, 9.17) is 0 Å². The fourth-order valence-electron chi connectivity index (χ4n) is 4.59. The van der Waals surface area contributed by atoms with E-state index in [2.05, 4.69) is 69.9 Å². The van der Waals surface area contributed by atoms with Gasteiger partial charge in [0.25, 0.3) is 5.91 Å². The van der Waals surface area contributed by atoms with Gasteiger partial charge in [0.1, 0.15) is 0 Å². The van der Waals surface area contributed by atoms with Crippen LogP contribution in [0.25, 0.3) is 10.9 Å². The van der Waals surface area contributed by atoms with Crippen LogP contribution >= 0.6 is 0 Å². The van der Waals surface area contributed by atoms with Crippen LogP contribution in [0, 0.1) is 13.8 Å². The first-order valence-electron chi connectivity index (χ1n) is 9.15. The zero-order valence-electron chi connectivity index (χ0n) is 16.6. The van der Waals surface area contributed by atoms with Crippen LogP contribution in [0.4, 0.5) is 0 Å². The lowest BCUT2D eigenvalue weighted by molar-refractivity contribution is 0.0873. The lowest BCUT2D eigenvalue weighted by Crippen LogP contribution is -2.62. The summed E-state index contributed by atoms with van der Waals surface area (Å²) in [4.78, 5) is 12.8. The molecule has 1 aliphatic heterocycles. The van der Waals surface area contributed by atoms with Gasteiger partial charge in [0.05, 0.1) is 0 Å². The maximum atomic E-state index is 12.8. The summed E-state index contributed by atoms with van der Waals surface area (Å²) in [7, 11) is 2.07. The van der Waals surface area contributed by atoms with Crippen molar-refractivity contribution in [3.8, 4) is 0 Å². The molecule has 2 heterocycles. The van der Waals surface area contributed by atoms with Crippen molar-refractivity contribution >= 4 is 16.8 Å². The van der Waals surface area contributed by atoms with Crippen molar-refractivity contribution in [1.82, 2.24) is 15.2 Å². The van der Waals surface area contributed by atoms with Crippen molar-refractivity contribution in [2.45, 2.75) is 71.5 Å². The number of hydrogen-bond donors (Lipinski definition) is 2. The predicted octanol–water partition coefficient (Wildman–Crippen LogP) is 3.83. The van der Waals surface area contributed by atoms with Gasteiger partial charge in [-0.3, -0.25) is 4.79 Å². The number of carbonyl (C=O) groups is 1. The molecule has 0 aliphatic carbocycles. The van der Waals surface area contributed by atoms with Crippen molar-refractivity contribution in [2.24, 2.45) is 7.05 Å². The van der Waals surface area contributed by atoms with Gasteiger partial charge >= 0.3 is 0 Å². The minimum Gasteiger partial charge on any atom is -0.349 e. The molecule has 4 nitrogen and oxygen atoms in total. The Kier molecular flexibility index (Phi) is 4.23. The van der Waals surface area contributed by atoms with Crippen molar-refractivity contribution in [3.63, 3.8) is 0 Å². The number of carbonyl (C=O) groups excluding carboxylic acids is 1. The number of nitrogens with one attached hydrogen (secondary N) is 2. The van der Waals surface area contributed by atoms with E-state index in [-0.39, 0.29) is 23.0 Å². The Balaban J connectivity index is 1.84. The van der Waals surface area contributed by atoms with Gasteiger partial charge in [0.15, 0.2) is 0 Å². The average Bonchev–Trinajstić information content (AvgIpc) is 2.68. The average molecular weight is 341 g/mol. The molecule has 0 atom stereocenters. The third-order valence-electron chi connectivity index (χ3n) is 5.60. The maximum absolute atomic E-state index is 12.8. The van der Waals surface area contributed by atoms with Gasteiger partial charge in [-0.25, -0.2) is 0 Å². The Hall–Kier alpha value is -1.81. The van der Waals surface area contributed by atoms with E-state index in [1.165, 1.54) is 22.2 Å². The molecule has 2 aromatic rings. The SMILES string of the molecule is Cc1c(C)n(C)c2ccc(C(=O)NC3CC(C)(C)NC(C)(C)C3)cc12. The number of amides is 1. The van der Waals surface area contributed by atoms with Gasteiger partial charge in [-0.05, 0) is 78.1 Å². The second-order valence-electron chi connectivity index (χ2n) is 8.97. The largest absolute Gasteiger partial charge is 0.349 e. The summed E-state index contributed by atoms with van der Waals surface area (Å²) < 4.78 is 2.18. The Morgan fingerprint density at radius 1 is 1.16 bits per heavy atom. The molecule has 3 rings (SSSR count). The summed E-state index contributed by atoms with van der Waals surface area (Å²) in [6, 6.07) is 6.21. The monoisotopic (exact) mass is 341 g/mol. The van der Waals surface area contributed by atoms with Crippen LogP contribution in [-0.2, 0) is 7.05 Å². The molecule has 1 amide bonds. The highest BCUT2D eigenvalue weighted by molar-refractivity contribution is 5.99. The molecule has 1 aromatic heterocycles. The maximum Gasteiger partial charge on any atom is 0.251 e. The summed E-state index contributed by atoms with van der Waals surface area (Å²) in [5, 5.41) is 8.09. The van der Waals surface area contributed by atoms with E-state index in [9.17, 15) is 4.79 Å². The van der Waals surface area contributed by atoms with Gasteiger partial charge in [-0.15, -0.1) is 0 Å². The quantitative estimate of drug-likeness (QED) is 0.872. The molecule has 136 valence electrons. The summed E-state index contributed by atoms with van der Waals surface area (Å²) in [5.74, 6) is 0.0290. The van der Waals surface area contributed by atoms with Crippen molar-refractivity contribution < 1.29 is 4.79 Å². The van der Waals surface area contributed by atoms with E-state index in [1.807, 2.05) is 12.1 Å². The molecule has 25 heavy (non-hydrogen) atoms. The highest BCUT2D eigenvalue weighted by Gasteiger charge is 2.38. The lowest BCUT2D eigenvalue weighted by atomic mass is 9.79. The Bertz CT molecular complexity index is 813. The number of benzene rings is 1. The molecule has 0 spiro atoms. The summed E-state index contributed by atoms with van der Waals surface area (Å²) in [6.45, 7) is 13.1. The summed E-state index contributed by atoms with van der Waals surface area (Å²) in [6.07, 6.45) is 1.88. The summed E-state index contributed by atoms with van der Waals surface area (Å²) >= 11 is 0. The zero-order chi connectivity index (χ0) is 18.6. The second kappa shape index (κ2) is 5.87. The Labute approximate surface area is 151 Å². The van der Waals surface area contributed by atoms with Crippen LogP contribution in [-0.4, -0.2) is 27.6 Å². The molecule has 0 unspecified atom stereocenters. The molecule has 2 N–H and O–H groups in total. The van der Waals surface area contributed by atoms with Gasteiger partial charge < -0.3 is 15.2 Å². The molecule has 1 aromatic carbocycles. The van der Waals surface area contributed by atoms with Crippen molar-refractivity contribution in [1.29, 1.82) is 0 Å². The highest BCUT2D eigenvalue weighted by Crippen LogP contribution is 2.29. The first-order chi connectivity index (χ1) is 11.5. The van der Waals surface area contributed by atoms with E-state index < -0.39 is 0 Å². The van der Waals surface area contributed by atoms with E-state index in [1.54, 1.807) is 0 Å². The number of nitrogens with zero attached hydrogens (tertiary/aromatic N) is 1. The molecule has 4 heteroatoms. The van der Waals surface area contributed by atoms with Crippen LogP contribution in [0.15, 0.2) is 18.2 Å². The van der Waals surface area contributed by atoms with Gasteiger partial charge in [-0.1, -0.05) is 0 Å². The zero-order valence-corrected chi connectivity index (χ0v) is 16.6. The Morgan fingerprint density at radius 2 is 1.76 bits per heavy atom. The second-order valence-corrected chi connectivity index (χ2v) is 8.97. The minimum atomic E-state index is 0.0246. The van der Waals surface area contributed by atoms with E-state index in [0.717, 1.165) is 18.4 Å². The summed E-state index contributed by atoms with van der Waals surface area (Å²) in [5.41, 5.74) is 4.46. The van der Waals surface area contributed by atoms with Crippen LogP contribution in [0.1, 0.15) is 62.2 Å². The number of piperidine rings is 1. The number of aryl methyl sites for hydroxylation is 2. The first kappa shape index (κ1) is 18.0. The standard InChI is InChI=1S/C21H31N3O/c1-13-14(2)24(7)18-9-8-15(10-17(13)18)19(25)22-16-11-20(3,4)23-21(5,6)12-16/h8-10,16,23H,11-12H2,1-7H3,(H,22,25). The number of hydrogen-bond acceptors (Lipinski definition) is 2. The molecule has 1 saturated heterocycles. The van der Waals surface area contributed by atoms with Crippen molar-refractivity contribution in [2.75, 3.05) is 0 Å². The molecule has 1 aliphatic rings. The smallest absolute Gasteiger partial charge is 0.251 e. The van der Waals surface area contributed by atoms with E-state index >= 15 is 0 Å². The van der Waals surface area contributed by atoms with Gasteiger partial charge in [-0.2, -0.15) is 0 Å². The third-order valence-corrected chi connectivity index (χ3v) is 5.60. The van der Waals surface area contributed by atoms with E-state index in [0.29, 0.717) is 0 Å². The van der Waals surface area contributed by atoms with Crippen LogP contribution in [0.5, 0.6) is 0 Å². The van der Waals surface area contributed by atoms with Crippen LogP contribution in [0.2, 0.25) is 0 Å². The molecule has 0 radical (unpaired) electrons. The molecule has 0 saturated carbocycles. The van der Waals surface area contributed by atoms with Gasteiger partial charge in [0.2, 0.25) is 0 Å². The number of rotatable bonds is 2. The molecular formula is C21H31N3O. The highest BCUT2D eigenvalue weighted by atomic mass is 16.1. The van der Waals surface area contributed by atoms with Gasteiger partial charge in [0, 0.05) is 46.3 Å². The Morgan fingerprint density at radius 3 is 2.36 bits per heavy atom. The van der Waals surface area contributed by atoms with Crippen LogP contribution < -0.4 is 10.6 Å². The molecule has 1 fully saturated rings. The normalized spacial score (nSPS) is 20.0. The third kappa shape index (κ3) is 3.45. The number of aromatic nitrogens is 1. The fraction of sp³-hybridized carbons (Fsp3) is 0.571. The van der Waals surface area contributed by atoms with Crippen LogP contribution in [0.3, 0.4) is 0 Å². The lowest BCUT2D eigenvalue weighted by Gasteiger charge is -2.46. The molecule has 0 bridgehead atoms. The minimum absolute atomic E-state index is 0.0246. The predicted molar refractivity (Wildman–Crippen MR) is 104 cm³/mol. The first-order valence-corrected chi connectivity index (χ1v) is 9.15. The fourth-order valence-corrected chi connectivity index (χ4v) is 4.59. The topological polar surface area (TPSA) is 46.1 Å². The van der Waals surface area contributed by atoms with Crippen molar-refractivity contribution in [3.05, 3.63) is 35.0 Å².